The third-order valence-corrected chi connectivity index (χ3v) is 5.84. The Balaban J connectivity index is 1.62. The number of benzene rings is 2. The number of rotatable bonds is 6. The molecule has 0 radical (unpaired) electrons. The molecule has 0 aliphatic rings. The van der Waals surface area contributed by atoms with Crippen LogP contribution in [0.5, 0.6) is 0 Å². The average molecular weight is 443 g/mol. The molecule has 2 aromatic carbocycles. The molecule has 1 atom stereocenters. The largest absolute Gasteiger partial charge is 0.356 e. The summed E-state index contributed by atoms with van der Waals surface area (Å²) in [7, 11) is 0. The van der Waals surface area contributed by atoms with Gasteiger partial charge < -0.3 is 15.2 Å². The van der Waals surface area contributed by atoms with Gasteiger partial charge in [0.05, 0.1) is 12.6 Å². The molecule has 0 aliphatic heterocycles. The zero-order valence-electron chi connectivity index (χ0n) is 18.2. The van der Waals surface area contributed by atoms with E-state index in [1.54, 1.807) is 6.20 Å². The van der Waals surface area contributed by atoms with E-state index in [2.05, 4.69) is 40.4 Å². The highest BCUT2D eigenvalue weighted by Gasteiger charge is 2.16. The number of fused-ring (bicyclic) bond motifs is 1. The fourth-order valence-electron chi connectivity index (χ4n) is 3.71. The summed E-state index contributed by atoms with van der Waals surface area (Å²) in [4.78, 5) is 22.1. The molecule has 6 heteroatoms. The van der Waals surface area contributed by atoms with Crippen molar-refractivity contribution in [3.63, 3.8) is 0 Å². The van der Waals surface area contributed by atoms with E-state index < -0.39 is 0 Å². The molecule has 0 saturated carbocycles. The van der Waals surface area contributed by atoms with Crippen molar-refractivity contribution in [3.05, 3.63) is 112 Å². The van der Waals surface area contributed by atoms with E-state index in [0.29, 0.717) is 23.8 Å². The molecule has 0 amide bonds. The van der Waals surface area contributed by atoms with Gasteiger partial charge in [0.15, 0.2) is 5.11 Å². The maximum Gasteiger partial charge on any atom is 0.253 e. The van der Waals surface area contributed by atoms with E-state index >= 15 is 0 Å². The van der Waals surface area contributed by atoms with Gasteiger partial charge in [-0.05, 0) is 66.8 Å². The number of nitrogens with one attached hydrogen (secondary N) is 2. The van der Waals surface area contributed by atoms with Crippen molar-refractivity contribution in [2.45, 2.75) is 33.0 Å². The van der Waals surface area contributed by atoms with E-state index in [1.165, 1.54) is 0 Å². The quantitative estimate of drug-likeness (QED) is 0.417. The first-order valence-electron chi connectivity index (χ1n) is 10.6. The average Bonchev–Trinajstić information content (AvgIpc) is 2.80. The Morgan fingerprint density at radius 2 is 1.91 bits per heavy atom. The molecule has 2 N–H and O–H groups in total. The van der Waals surface area contributed by atoms with Gasteiger partial charge in [0, 0.05) is 30.0 Å². The number of thiocarbonyl (C=S) groups is 1. The van der Waals surface area contributed by atoms with Crippen LogP contribution in [0.4, 0.5) is 0 Å². The van der Waals surface area contributed by atoms with Gasteiger partial charge in [-0.25, -0.2) is 0 Å². The molecule has 0 bridgehead atoms. The lowest BCUT2D eigenvalue weighted by Crippen LogP contribution is -2.41. The lowest BCUT2D eigenvalue weighted by molar-refractivity contribution is 0.391. The number of H-pyrrole nitrogens is 1. The zero-order valence-corrected chi connectivity index (χ0v) is 19.0. The second-order valence-corrected chi connectivity index (χ2v) is 8.40. The molecule has 0 spiro atoms. The summed E-state index contributed by atoms with van der Waals surface area (Å²) in [6.07, 6.45) is 3.57. The highest BCUT2D eigenvalue weighted by Crippen LogP contribution is 2.17. The Labute approximate surface area is 193 Å². The highest BCUT2D eigenvalue weighted by molar-refractivity contribution is 7.80. The number of aromatic amines is 1. The van der Waals surface area contributed by atoms with Crippen molar-refractivity contribution in [1.82, 2.24) is 20.2 Å². The molecule has 0 fully saturated rings. The standard InChI is InChI=1S/C26H26N4OS/c1-18-10-11-24-22(13-18)14-23(25(31)29-24)17-30(16-20-7-6-12-27-15-20)26(32)28-19(2)21-8-4-3-5-9-21/h3-15,19H,16-17H2,1-2H3,(H,28,32)(H,29,31). The van der Waals surface area contributed by atoms with Crippen LogP contribution in [0.1, 0.15) is 35.2 Å². The minimum absolute atomic E-state index is 0.0395. The van der Waals surface area contributed by atoms with Crippen LogP contribution < -0.4 is 10.9 Å². The van der Waals surface area contributed by atoms with Crippen molar-refractivity contribution < 1.29 is 0 Å². The van der Waals surface area contributed by atoms with Crippen molar-refractivity contribution in [2.24, 2.45) is 0 Å². The van der Waals surface area contributed by atoms with Crippen molar-refractivity contribution >= 4 is 28.2 Å². The van der Waals surface area contributed by atoms with Crippen LogP contribution >= 0.6 is 12.2 Å². The summed E-state index contributed by atoms with van der Waals surface area (Å²) in [5, 5.41) is 5.03. The van der Waals surface area contributed by atoms with Crippen LogP contribution in [0.15, 0.2) is 83.9 Å². The molecule has 162 valence electrons. The topological polar surface area (TPSA) is 61.0 Å². The number of nitrogens with zero attached hydrogens (tertiary/aromatic N) is 2. The molecule has 2 aromatic heterocycles. The molecule has 4 rings (SSSR count). The summed E-state index contributed by atoms with van der Waals surface area (Å²) >= 11 is 5.79. The number of hydrogen-bond donors (Lipinski definition) is 2. The molecule has 5 nitrogen and oxygen atoms in total. The molecule has 1 unspecified atom stereocenters. The van der Waals surface area contributed by atoms with E-state index in [9.17, 15) is 4.79 Å². The third-order valence-electron chi connectivity index (χ3n) is 5.46. The van der Waals surface area contributed by atoms with Gasteiger partial charge in [-0.3, -0.25) is 9.78 Å². The Bertz CT molecular complexity index is 1270. The van der Waals surface area contributed by atoms with Crippen LogP contribution in [0, 0.1) is 6.92 Å². The van der Waals surface area contributed by atoms with Gasteiger partial charge in [-0.1, -0.05) is 48.0 Å². The van der Waals surface area contributed by atoms with Gasteiger partial charge >= 0.3 is 0 Å². The van der Waals surface area contributed by atoms with E-state index in [-0.39, 0.29) is 11.6 Å². The first-order valence-corrected chi connectivity index (χ1v) is 11.0. The van der Waals surface area contributed by atoms with Gasteiger partial charge in [0.1, 0.15) is 0 Å². The Morgan fingerprint density at radius 1 is 1.09 bits per heavy atom. The predicted molar refractivity (Wildman–Crippen MR) is 133 cm³/mol. The van der Waals surface area contributed by atoms with Crippen LogP contribution in [-0.2, 0) is 13.1 Å². The van der Waals surface area contributed by atoms with Crippen LogP contribution in [0.25, 0.3) is 10.9 Å². The minimum Gasteiger partial charge on any atom is -0.356 e. The van der Waals surface area contributed by atoms with Crippen molar-refractivity contribution in [3.8, 4) is 0 Å². The molecule has 0 aliphatic carbocycles. The molecular formula is C26H26N4OS. The van der Waals surface area contributed by atoms with E-state index in [4.69, 9.17) is 12.2 Å². The van der Waals surface area contributed by atoms with Gasteiger partial charge in [-0.2, -0.15) is 0 Å². The third kappa shape index (κ3) is 5.21. The Morgan fingerprint density at radius 3 is 2.66 bits per heavy atom. The van der Waals surface area contributed by atoms with Gasteiger partial charge in [0.25, 0.3) is 5.56 Å². The van der Waals surface area contributed by atoms with E-state index in [0.717, 1.165) is 27.6 Å². The molecule has 0 saturated heterocycles. The van der Waals surface area contributed by atoms with Crippen LogP contribution in [0.2, 0.25) is 0 Å². The monoisotopic (exact) mass is 442 g/mol. The Hall–Kier alpha value is -3.51. The lowest BCUT2D eigenvalue weighted by Gasteiger charge is -2.28. The lowest BCUT2D eigenvalue weighted by atomic mass is 10.1. The predicted octanol–water partition coefficient (Wildman–Crippen LogP) is 4.87. The van der Waals surface area contributed by atoms with Gasteiger partial charge in [-0.15, -0.1) is 0 Å². The highest BCUT2D eigenvalue weighted by atomic mass is 32.1. The summed E-state index contributed by atoms with van der Waals surface area (Å²) in [5.74, 6) is 0. The molecule has 2 heterocycles. The molecule has 32 heavy (non-hydrogen) atoms. The second-order valence-electron chi connectivity index (χ2n) is 8.01. The van der Waals surface area contributed by atoms with Crippen molar-refractivity contribution in [2.75, 3.05) is 0 Å². The number of hydrogen-bond acceptors (Lipinski definition) is 3. The number of aromatic nitrogens is 2. The van der Waals surface area contributed by atoms with E-state index in [1.807, 2.05) is 66.6 Å². The summed E-state index contributed by atoms with van der Waals surface area (Å²) in [6, 6.07) is 22.1. The summed E-state index contributed by atoms with van der Waals surface area (Å²) in [6.45, 7) is 5.06. The fraction of sp³-hybridized carbons (Fsp3) is 0.192. The SMILES string of the molecule is Cc1ccc2[nH]c(=O)c(CN(Cc3cccnc3)C(=S)NC(C)c3ccccc3)cc2c1. The smallest absolute Gasteiger partial charge is 0.253 e. The van der Waals surface area contributed by atoms with Crippen molar-refractivity contribution in [1.29, 1.82) is 0 Å². The number of pyridine rings is 2. The second kappa shape index (κ2) is 9.75. The Kier molecular flexibility index (Phi) is 6.61. The zero-order chi connectivity index (χ0) is 22.5. The van der Waals surface area contributed by atoms with Gasteiger partial charge in [0.2, 0.25) is 0 Å². The normalized spacial score (nSPS) is 11.8. The van der Waals surface area contributed by atoms with Crippen LogP contribution in [-0.4, -0.2) is 20.0 Å². The maximum atomic E-state index is 12.8. The molecule has 4 aromatic rings. The fourth-order valence-corrected chi connectivity index (χ4v) is 4.01. The maximum absolute atomic E-state index is 12.8. The first-order chi connectivity index (χ1) is 15.5. The number of aryl methyl sites for hydroxylation is 1. The first kappa shape index (κ1) is 21.7. The summed E-state index contributed by atoms with van der Waals surface area (Å²) in [5.41, 5.74) is 4.73. The minimum atomic E-state index is -0.101. The molecular weight excluding hydrogens is 416 g/mol. The van der Waals surface area contributed by atoms with Crippen LogP contribution in [0.3, 0.4) is 0 Å². The summed E-state index contributed by atoms with van der Waals surface area (Å²) < 4.78 is 0.